The van der Waals surface area contributed by atoms with Gasteiger partial charge in [0.2, 0.25) is 0 Å². The lowest BCUT2D eigenvalue weighted by Crippen LogP contribution is -2.03. The molecule has 0 saturated carbocycles. The van der Waals surface area contributed by atoms with Crippen LogP contribution in [0.4, 0.5) is 15.9 Å². The van der Waals surface area contributed by atoms with Crippen LogP contribution < -0.4 is 5.32 Å². The van der Waals surface area contributed by atoms with Crippen molar-refractivity contribution < 1.29 is 13.9 Å². The van der Waals surface area contributed by atoms with E-state index in [0.29, 0.717) is 21.5 Å². The molecule has 0 saturated heterocycles. The molecule has 1 aromatic carbocycles. The Kier molecular flexibility index (Phi) is 4.11. The molecule has 0 atom stereocenters. The summed E-state index contributed by atoms with van der Waals surface area (Å²) in [6.45, 7) is 0. The van der Waals surface area contributed by atoms with Gasteiger partial charge in [-0.05, 0) is 46.3 Å². The molecule has 0 radical (unpaired) electrons. The molecule has 0 bridgehead atoms. The number of halogens is 2. The van der Waals surface area contributed by atoms with E-state index in [1.807, 2.05) is 0 Å². The van der Waals surface area contributed by atoms with Gasteiger partial charge in [-0.2, -0.15) is 0 Å². The van der Waals surface area contributed by atoms with Crippen molar-refractivity contribution in [3.8, 4) is 0 Å². The maximum absolute atomic E-state index is 13.4. The van der Waals surface area contributed by atoms with Crippen molar-refractivity contribution in [1.29, 1.82) is 0 Å². The van der Waals surface area contributed by atoms with Gasteiger partial charge in [0.15, 0.2) is 0 Å². The Morgan fingerprint density at radius 2 is 2.16 bits per heavy atom. The summed E-state index contributed by atoms with van der Waals surface area (Å²) in [6.07, 6.45) is 1.48. The lowest BCUT2D eigenvalue weighted by Gasteiger charge is -2.07. The summed E-state index contributed by atoms with van der Waals surface area (Å²) in [5.41, 5.74) is 0.910. The van der Waals surface area contributed by atoms with Crippen molar-refractivity contribution in [1.82, 2.24) is 4.98 Å². The van der Waals surface area contributed by atoms with E-state index in [0.717, 1.165) is 0 Å². The lowest BCUT2D eigenvalue weighted by molar-refractivity contribution is 0.0600. The molecule has 0 aliphatic heterocycles. The zero-order valence-corrected chi connectivity index (χ0v) is 11.6. The highest BCUT2D eigenvalue weighted by Crippen LogP contribution is 2.22. The molecule has 0 fully saturated rings. The Bertz CT molecular complexity index is 619. The van der Waals surface area contributed by atoms with Crippen molar-refractivity contribution in [2.45, 2.75) is 0 Å². The number of benzene rings is 1. The van der Waals surface area contributed by atoms with Gasteiger partial charge in [-0.1, -0.05) is 0 Å². The molecule has 0 amide bonds. The van der Waals surface area contributed by atoms with Crippen LogP contribution in [0, 0.1) is 5.82 Å². The van der Waals surface area contributed by atoms with E-state index in [9.17, 15) is 9.18 Å². The predicted octanol–water partition coefficient (Wildman–Crippen LogP) is 3.51. The molecule has 1 aromatic heterocycles. The van der Waals surface area contributed by atoms with Gasteiger partial charge in [0.1, 0.15) is 11.6 Å². The minimum Gasteiger partial charge on any atom is -0.465 e. The molecule has 98 valence electrons. The van der Waals surface area contributed by atoms with Crippen LogP contribution >= 0.6 is 15.9 Å². The Morgan fingerprint density at radius 1 is 1.37 bits per heavy atom. The van der Waals surface area contributed by atoms with Crippen molar-refractivity contribution in [2.24, 2.45) is 0 Å². The second-order valence-electron chi connectivity index (χ2n) is 3.68. The van der Waals surface area contributed by atoms with Crippen molar-refractivity contribution in [3.63, 3.8) is 0 Å². The summed E-state index contributed by atoms with van der Waals surface area (Å²) < 4.78 is 18.4. The molecular formula is C13H10BrFN2O2. The van der Waals surface area contributed by atoms with Crippen LogP contribution in [0.2, 0.25) is 0 Å². The van der Waals surface area contributed by atoms with Gasteiger partial charge in [-0.25, -0.2) is 14.2 Å². The number of hydrogen-bond donors (Lipinski definition) is 1. The van der Waals surface area contributed by atoms with E-state index in [1.54, 1.807) is 18.2 Å². The number of rotatable bonds is 3. The molecule has 1 N–H and O–H groups in total. The Labute approximate surface area is 117 Å². The second kappa shape index (κ2) is 5.79. The first-order valence-electron chi connectivity index (χ1n) is 5.36. The van der Waals surface area contributed by atoms with E-state index in [4.69, 9.17) is 0 Å². The van der Waals surface area contributed by atoms with Gasteiger partial charge in [0, 0.05) is 11.9 Å². The van der Waals surface area contributed by atoms with Crippen LogP contribution in [0.5, 0.6) is 0 Å². The zero-order valence-electron chi connectivity index (χ0n) is 9.98. The number of carbonyl (C=O) groups excluding carboxylic acids is 1. The number of methoxy groups -OCH3 is 1. The molecule has 2 aromatic rings. The first kappa shape index (κ1) is 13.5. The number of esters is 1. The predicted molar refractivity (Wildman–Crippen MR) is 73.0 cm³/mol. The van der Waals surface area contributed by atoms with Gasteiger partial charge in [0.25, 0.3) is 0 Å². The average molecular weight is 325 g/mol. The van der Waals surface area contributed by atoms with Crippen LogP contribution in [0.1, 0.15) is 10.4 Å². The van der Waals surface area contributed by atoms with Crippen LogP contribution in [-0.4, -0.2) is 18.1 Å². The van der Waals surface area contributed by atoms with Gasteiger partial charge in [-0.3, -0.25) is 0 Å². The number of aromatic nitrogens is 1. The summed E-state index contributed by atoms with van der Waals surface area (Å²) in [5.74, 6) is -0.397. The third kappa shape index (κ3) is 3.29. The molecule has 0 aliphatic rings. The van der Waals surface area contributed by atoms with Crippen LogP contribution in [-0.2, 0) is 4.74 Å². The third-order valence-corrected chi connectivity index (χ3v) is 3.02. The number of nitrogens with one attached hydrogen (secondary N) is 1. The maximum atomic E-state index is 13.4. The number of ether oxygens (including phenoxy) is 1. The summed E-state index contributed by atoms with van der Waals surface area (Å²) in [5, 5.41) is 2.91. The number of nitrogens with zero attached hydrogens (tertiary/aromatic N) is 1. The number of hydrogen-bond acceptors (Lipinski definition) is 4. The molecule has 0 spiro atoms. The van der Waals surface area contributed by atoms with Crippen LogP contribution in [0.15, 0.2) is 41.0 Å². The zero-order chi connectivity index (χ0) is 13.8. The van der Waals surface area contributed by atoms with E-state index in [2.05, 4.69) is 31.0 Å². The Hall–Kier alpha value is -1.95. The Balaban J connectivity index is 2.23. The number of pyridine rings is 1. The van der Waals surface area contributed by atoms with E-state index in [1.165, 1.54) is 25.4 Å². The van der Waals surface area contributed by atoms with Crippen molar-refractivity contribution in [3.05, 3.63) is 52.4 Å². The highest BCUT2D eigenvalue weighted by Gasteiger charge is 2.07. The number of carbonyl (C=O) groups is 1. The highest BCUT2D eigenvalue weighted by atomic mass is 79.9. The van der Waals surface area contributed by atoms with Gasteiger partial charge in [-0.15, -0.1) is 0 Å². The molecular weight excluding hydrogens is 315 g/mol. The van der Waals surface area contributed by atoms with E-state index < -0.39 is 5.97 Å². The monoisotopic (exact) mass is 324 g/mol. The fourth-order valence-electron chi connectivity index (χ4n) is 1.47. The fourth-order valence-corrected chi connectivity index (χ4v) is 1.71. The average Bonchev–Trinajstić information content (AvgIpc) is 2.42. The molecule has 1 heterocycles. The largest absolute Gasteiger partial charge is 0.465 e. The van der Waals surface area contributed by atoms with Gasteiger partial charge in [0.05, 0.1) is 17.1 Å². The normalized spacial score (nSPS) is 10.1. The molecule has 0 aliphatic carbocycles. The third-order valence-electron chi connectivity index (χ3n) is 2.37. The van der Waals surface area contributed by atoms with Crippen molar-refractivity contribution >= 4 is 33.4 Å². The first-order chi connectivity index (χ1) is 9.10. The lowest BCUT2D eigenvalue weighted by atomic mass is 10.2. The smallest absolute Gasteiger partial charge is 0.338 e. The quantitative estimate of drug-likeness (QED) is 0.878. The van der Waals surface area contributed by atoms with Gasteiger partial charge < -0.3 is 10.1 Å². The van der Waals surface area contributed by atoms with E-state index in [-0.39, 0.29) is 5.82 Å². The molecule has 4 nitrogen and oxygen atoms in total. The second-order valence-corrected chi connectivity index (χ2v) is 4.53. The van der Waals surface area contributed by atoms with E-state index >= 15 is 0 Å². The maximum Gasteiger partial charge on any atom is 0.338 e. The molecule has 6 heteroatoms. The minimum atomic E-state index is -0.451. The summed E-state index contributed by atoms with van der Waals surface area (Å²) in [4.78, 5) is 15.4. The SMILES string of the molecule is COC(=O)c1ccnc(Nc2ccc(Br)c(F)c2)c1. The fraction of sp³-hybridized carbons (Fsp3) is 0.0769. The summed E-state index contributed by atoms with van der Waals surface area (Å²) in [6, 6.07) is 7.68. The van der Waals surface area contributed by atoms with Gasteiger partial charge >= 0.3 is 5.97 Å². The first-order valence-corrected chi connectivity index (χ1v) is 6.16. The summed E-state index contributed by atoms with van der Waals surface area (Å²) >= 11 is 3.08. The minimum absolute atomic E-state index is 0.373. The molecule has 2 rings (SSSR count). The van der Waals surface area contributed by atoms with Crippen LogP contribution in [0.25, 0.3) is 0 Å². The molecule has 19 heavy (non-hydrogen) atoms. The Morgan fingerprint density at radius 3 is 2.84 bits per heavy atom. The topological polar surface area (TPSA) is 51.2 Å². The standard InChI is InChI=1S/C13H10BrFN2O2/c1-19-13(18)8-4-5-16-12(6-8)17-9-2-3-10(14)11(15)7-9/h2-7H,1H3,(H,16,17). The van der Waals surface area contributed by atoms with Crippen LogP contribution in [0.3, 0.4) is 0 Å². The summed E-state index contributed by atoms with van der Waals surface area (Å²) in [7, 11) is 1.31. The number of anilines is 2. The highest BCUT2D eigenvalue weighted by molar-refractivity contribution is 9.10. The molecule has 0 unspecified atom stereocenters. The van der Waals surface area contributed by atoms with Crippen molar-refractivity contribution in [2.75, 3.05) is 12.4 Å².